The van der Waals surface area contributed by atoms with E-state index >= 15 is 0 Å². The van der Waals surface area contributed by atoms with Crippen molar-refractivity contribution in [1.29, 1.82) is 0 Å². The van der Waals surface area contributed by atoms with Crippen LogP contribution in [0.1, 0.15) is 15.2 Å². The maximum absolute atomic E-state index is 13.9. The highest BCUT2D eigenvalue weighted by Crippen LogP contribution is 2.28. The Morgan fingerprint density at radius 2 is 2.20 bits per heavy atom. The molecule has 1 aromatic heterocycles. The SMILES string of the molecule is CN(Cc1ccc(Cl)s1)c1cc(C(=O)O)c(N)cc1F. The van der Waals surface area contributed by atoms with Crippen molar-refractivity contribution in [2.24, 2.45) is 0 Å². The first-order chi connectivity index (χ1) is 9.38. The molecule has 1 aromatic carbocycles. The van der Waals surface area contributed by atoms with E-state index in [9.17, 15) is 9.18 Å². The molecule has 0 radical (unpaired) electrons. The van der Waals surface area contributed by atoms with Gasteiger partial charge < -0.3 is 15.7 Å². The molecule has 7 heteroatoms. The molecule has 0 fully saturated rings. The van der Waals surface area contributed by atoms with E-state index in [0.29, 0.717) is 10.9 Å². The number of hydrogen-bond donors (Lipinski definition) is 2. The molecule has 2 aromatic rings. The van der Waals surface area contributed by atoms with Gasteiger partial charge in [0.15, 0.2) is 0 Å². The maximum atomic E-state index is 13.9. The molecule has 0 saturated heterocycles. The molecular weight excluding hydrogens is 303 g/mol. The minimum Gasteiger partial charge on any atom is -0.478 e. The summed E-state index contributed by atoms with van der Waals surface area (Å²) in [7, 11) is 1.67. The van der Waals surface area contributed by atoms with Gasteiger partial charge in [0.1, 0.15) is 5.82 Å². The van der Waals surface area contributed by atoms with Crippen molar-refractivity contribution in [2.45, 2.75) is 6.54 Å². The predicted molar refractivity (Wildman–Crippen MR) is 79.2 cm³/mol. The number of nitrogen functional groups attached to an aromatic ring is 1. The van der Waals surface area contributed by atoms with Crippen LogP contribution in [0.25, 0.3) is 0 Å². The number of hydrogen-bond acceptors (Lipinski definition) is 4. The van der Waals surface area contributed by atoms with Crippen molar-refractivity contribution in [3.8, 4) is 0 Å². The van der Waals surface area contributed by atoms with Crippen molar-refractivity contribution in [3.05, 3.63) is 44.9 Å². The van der Waals surface area contributed by atoms with Crippen LogP contribution in [0.4, 0.5) is 15.8 Å². The van der Waals surface area contributed by atoms with Crippen LogP contribution in [0.15, 0.2) is 24.3 Å². The zero-order chi connectivity index (χ0) is 14.9. The largest absolute Gasteiger partial charge is 0.478 e. The quantitative estimate of drug-likeness (QED) is 0.848. The number of benzene rings is 1. The Kier molecular flexibility index (Phi) is 4.15. The number of rotatable bonds is 4. The van der Waals surface area contributed by atoms with Crippen molar-refractivity contribution in [1.82, 2.24) is 0 Å². The van der Waals surface area contributed by atoms with E-state index in [2.05, 4.69) is 0 Å². The fourth-order valence-electron chi connectivity index (χ4n) is 1.81. The summed E-state index contributed by atoms with van der Waals surface area (Å²) in [6, 6.07) is 5.87. The van der Waals surface area contributed by atoms with E-state index in [1.807, 2.05) is 6.07 Å². The molecule has 0 aliphatic carbocycles. The molecule has 4 nitrogen and oxygen atoms in total. The highest BCUT2D eigenvalue weighted by atomic mass is 35.5. The van der Waals surface area contributed by atoms with E-state index in [1.54, 1.807) is 18.0 Å². The van der Waals surface area contributed by atoms with Gasteiger partial charge in [0.2, 0.25) is 0 Å². The molecule has 3 N–H and O–H groups in total. The van der Waals surface area contributed by atoms with Crippen molar-refractivity contribution < 1.29 is 14.3 Å². The molecule has 20 heavy (non-hydrogen) atoms. The van der Waals surface area contributed by atoms with E-state index in [4.69, 9.17) is 22.4 Å². The molecule has 0 atom stereocenters. The Morgan fingerprint density at radius 3 is 2.75 bits per heavy atom. The molecule has 0 bridgehead atoms. The average molecular weight is 315 g/mol. The van der Waals surface area contributed by atoms with E-state index in [0.717, 1.165) is 10.9 Å². The topological polar surface area (TPSA) is 66.6 Å². The summed E-state index contributed by atoms with van der Waals surface area (Å²) in [5, 5.41) is 9.02. The third-order valence-corrected chi connectivity index (χ3v) is 4.00. The van der Waals surface area contributed by atoms with Crippen molar-refractivity contribution in [2.75, 3.05) is 17.7 Å². The first-order valence-electron chi connectivity index (χ1n) is 5.66. The minimum atomic E-state index is -1.18. The molecule has 106 valence electrons. The maximum Gasteiger partial charge on any atom is 0.337 e. The zero-order valence-corrected chi connectivity index (χ0v) is 12.1. The van der Waals surface area contributed by atoms with Crippen molar-refractivity contribution >= 4 is 40.3 Å². The Labute approximate surface area is 124 Å². The zero-order valence-electron chi connectivity index (χ0n) is 10.6. The highest BCUT2D eigenvalue weighted by Gasteiger charge is 2.16. The third-order valence-electron chi connectivity index (χ3n) is 2.78. The summed E-state index contributed by atoms with van der Waals surface area (Å²) in [6.45, 7) is 0.428. The predicted octanol–water partition coefficient (Wildman–Crippen LogP) is 3.46. The number of thiophene rings is 1. The van der Waals surface area contributed by atoms with Gasteiger partial charge in [-0.2, -0.15) is 0 Å². The molecule has 0 aliphatic heterocycles. The lowest BCUT2D eigenvalue weighted by molar-refractivity contribution is 0.0698. The fraction of sp³-hybridized carbons (Fsp3) is 0.154. The number of anilines is 2. The van der Waals surface area contributed by atoms with Crippen LogP contribution in [-0.4, -0.2) is 18.1 Å². The van der Waals surface area contributed by atoms with Crippen LogP contribution in [0, 0.1) is 5.82 Å². The number of nitrogens with two attached hydrogens (primary N) is 1. The Bertz CT molecular complexity index is 660. The summed E-state index contributed by atoms with van der Waals surface area (Å²) in [5.74, 6) is -1.74. The normalized spacial score (nSPS) is 10.6. The number of carboxylic acids is 1. The molecule has 2 rings (SSSR count). The van der Waals surface area contributed by atoms with Crippen LogP contribution in [0.3, 0.4) is 0 Å². The number of aromatic carboxylic acids is 1. The minimum absolute atomic E-state index is 0.0914. The van der Waals surface area contributed by atoms with Crippen LogP contribution in [-0.2, 0) is 6.54 Å². The summed E-state index contributed by atoms with van der Waals surface area (Å²) in [6.07, 6.45) is 0. The Morgan fingerprint density at radius 1 is 1.50 bits per heavy atom. The molecule has 1 heterocycles. The second kappa shape index (κ2) is 5.68. The summed E-state index contributed by atoms with van der Waals surface area (Å²) < 4.78 is 14.6. The Hall–Kier alpha value is -1.79. The van der Waals surface area contributed by atoms with Crippen molar-refractivity contribution in [3.63, 3.8) is 0 Å². The first kappa shape index (κ1) is 14.6. The van der Waals surface area contributed by atoms with Gasteiger partial charge >= 0.3 is 5.97 Å². The van der Waals surface area contributed by atoms with E-state index < -0.39 is 11.8 Å². The Balaban J connectivity index is 2.31. The first-order valence-corrected chi connectivity index (χ1v) is 6.85. The summed E-state index contributed by atoms with van der Waals surface area (Å²) >= 11 is 7.23. The van der Waals surface area contributed by atoms with Crippen LogP contribution < -0.4 is 10.6 Å². The highest BCUT2D eigenvalue weighted by molar-refractivity contribution is 7.16. The molecule has 0 amide bonds. The third kappa shape index (κ3) is 3.02. The second-order valence-electron chi connectivity index (χ2n) is 4.26. The molecule has 0 aliphatic rings. The average Bonchev–Trinajstić information content (AvgIpc) is 2.74. The molecule has 0 unspecified atom stereocenters. The lowest BCUT2D eigenvalue weighted by atomic mass is 10.1. The standard InChI is InChI=1S/C13H12ClFN2O2S/c1-17(6-7-2-3-12(14)20-7)11-4-8(13(18)19)10(16)5-9(11)15/h2-5H,6,16H2,1H3,(H,18,19). The van der Waals surface area contributed by atoms with Gasteiger partial charge in [-0.05, 0) is 24.3 Å². The lowest BCUT2D eigenvalue weighted by Crippen LogP contribution is -2.18. The van der Waals surface area contributed by atoms with Crippen LogP contribution >= 0.6 is 22.9 Å². The smallest absolute Gasteiger partial charge is 0.337 e. The number of halogens is 2. The monoisotopic (exact) mass is 314 g/mol. The molecule has 0 spiro atoms. The molecular formula is C13H12ClFN2O2S. The number of carboxylic acid groups (broad SMARTS) is 1. The van der Waals surface area contributed by atoms with Crippen LogP contribution in [0.5, 0.6) is 0 Å². The van der Waals surface area contributed by atoms with E-state index in [-0.39, 0.29) is 16.9 Å². The van der Waals surface area contributed by atoms with Crippen LogP contribution in [0.2, 0.25) is 4.34 Å². The van der Waals surface area contributed by atoms with Gasteiger partial charge in [0.05, 0.1) is 22.1 Å². The van der Waals surface area contributed by atoms with E-state index in [1.165, 1.54) is 17.4 Å². The lowest BCUT2D eigenvalue weighted by Gasteiger charge is -2.20. The second-order valence-corrected chi connectivity index (χ2v) is 6.06. The summed E-state index contributed by atoms with van der Waals surface area (Å²) in [4.78, 5) is 13.6. The number of nitrogens with zero attached hydrogens (tertiary/aromatic N) is 1. The number of carbonyl (C=O) groups is 1. The van der Waals surface area contributed by atoms with Gasteiger partial charge in [-0.25, -0.2) is 9.18 Å². The van der Waals surface area contributed by atoms with Gasteiger partial charge in [-0.15, -0.1) is 11.3 Å². The van der Waals surface area contributed by atoms with Gasteiger partial charge in [-0.1, -0.05) is 11.6 Å². The molecule has 0 saturated carbocycles. The summed E-state index contributed by atoms with van der Waals surface area (Å²) in [5.41, 5.74) is 5.47. The van der Waals surface area contributed by atoms with Gasteiger partial charge in [0.25, 0.3) is 0 Å². The van der Waals surface area contributed by atoms with Gasteiger partial charge in [0, 0.05) is 17.6 Å². The fourth-order valence-corrected chi connectivity index (χ4v) is 2.95. The van der Waals surface area contributed by atoms with Gasteiger partial charge in [-0.3, -0.25) is 0 Å².